The Labute approximate surface area is 121 Å². The second-order valence-corrected chi connectivity index (χ2v) is 5.42. The zero-order valence-electron chi connectivity index (χ0n) is 11.7. The summed E-state index contributed by atoms with van der Waals surface area (Å²) >= 11 is 0. The Morgan fingerprint density at radius 3 is 3.14 bits per heavy atom. The molecule has 6 nitrogen and oxygen atoms in total. The highest BCUT2D eigenvalue weighted by molar-refractivity contribution is 5.94. The quantitative estimate of drug-likeness (QED) is 0.736. The number of aryl methyl sites for hydroxylation is 1. The van der Waals surface area contributed by atoms with Crippen molar-refractivity contribution in [3.8, 4) is 0 Å². The standard InChI is InChI=1S/C15H15N5O/c1-10-7-20-8-11(2-3-14(20)17-10)15(21)19-5-4-13-12(9-19)6-16-18-13/h2-3,6-8H,4-5,9H2,1H3,(H,16,18). The number of nitrogens with one attached hydrogen (secondary N) is 1. The lowest BCUT2D eigenvalue weighted by molar-refractivity contribution is 0.0734. The zero-order valence-corrected chi connectivity index (χ0v) is 11.7. The normalized spacial score (nSPS) is 14.4. The van der Waals surface area contributed by atoms with Crippen LogP contribution in [0, 0.1) is 6.92 Å². The van der Waals surface area contributed by atoms with Crippen LogP contribution in [0.2, 0.25) is 0 Å². The Morgan fingerprint density at radius 2 is 2.24 bits per heavy atom. The minimum atomic E-state index is 0.0510. The fourth-order valence-corrected chi connectivity index (χ4v) is 2.82. The molecule has 106 valence electrons. The molecule has 3 aromatic heterocycles. The Balaban J connectivity index is 1.64. The Morgan fingerprint density at radius 1 is 1.33 bits per heavy atom. The van der Waals surface area contributed by atoms with Crippen LogP contribution < -0.4 is 0 Å². The highest BCUT2D eigenvalue weighted by Crippen LogP contribution is 2.18. The van der Waals surface area contributed by atoms with Gasteiger partial charge in [-0.15, -0.1) is 0 Å². The summed E-state index contributed by atoms with van der Waals surface area (Å²) in [6.07, 6.45) is 6.41. The third-order valence-corrected chi connectivity index (χ3v) is 3.91. The lowest BCUT2D eigenvalue weighted by Crippen LogP contribution is -2.35. The number of pyridine rings is 1. The summed E-state index contributed by atoms with van der Waals surface area (Å²) in [4.78, 5) is 18.9. The number of aromatic nitrogens is 4. The molecule has 0 aromatic carbocycles. The molecule has 0 aliphatic carbocycles. The molecule has 3 aromatic rings. The van der Waals surface area contributed by atoms with E-state index in [4.69, 9.17) is 0 Å². The molecule has 1 N–H and O–H groups in total. The first-order chi connectivity index (χ1) is 10.2. The van der Waals surface area contributed by atoms with Gasteiger partial charge in [0.25, 0.3) is 5.91 Å². The Bertz CT molecular complexity index is 832. The maximum atomic E-state index is 12.6. The van der Waals surface area contributed by atoms with E-state index in [9.17, 15) is 4.79 Å². The van der Waals surface area contributed by atoms with Crippen LogP contribution in [-0.4, -0.2) is 36.9 Å². The van der Waals surface area contributed by atoms with Crippen LogP contribution in [0.15, 0.2) is 30.7 Å². The number of H-pyrrole nitrogens is 1. The fraction of sp³-hybridized carbons (Fsp3) is 0.267. The van der Waals surface area contributed by atoms with Gasteiger partial charge in [0.2, 0.25) is 0 Å². The first-order valence-electron chi connectivity index (χ1n) is 6.96. The largest absolute Gasteiger partial charge is 0.334 e. The topological polar surface area (TPSA) is 66.3 Å². The highest BCUT2D eigenvalue weighted by Gasteiger charge is 2.23. The van der Waals surface area contributed by atoms with E-state index in [1.54, 1.807) is 6.20 Å². The van der Waals surface area contributed by atoms with Gasteiger partial charge in [-0.05, 0) is 19.1 Å². The van der Waals surface area contributed by atoms with Gasteiger partial charge in [0.1, 0.15) is 5.65 Å². The maximum Gasteiger partial charge on any atom is 0.255 e. The number of carbonyl (C=O) groups excluding carboxylic acids is 1. The lowest BCUT2D eigenvalue weighted by atomic mass is 10.1. The molecule has 4 rings (SSSR count). The molecule has 1 aliphatic rings. The van der Waals surface area contributed by atoms with Gasteiger partial charge in [-0.3, -0.25) is 9.89 Å². The number of rotatable bonds is 1. The van der Waals surface area contributed by atoms with Crippen LogP contribution in [0.3, 0.4) is 0 Å². The SMILES string of the molecule is Cc1cn2cc(C(=O)N3CCc4[nH]ncc4C3)ccc2n1. The summed E-state index contributed by atoms with van der Waals surface area (Å²) in [7, 11) is 0. The van der Waals surface area contributed by atoms with E-state index in [0.717, 1.165) is 35.6 Å². The summed E-state index contributed by atoms with van der Waals surface area (Å²) in [5.74, 6) is 0.0510. The summed E-state index contributed by atoms with van der Waals surface area (Å²) in [5, 5.41) is 7.02. The van der Waals surface area contributed by atoms with Gasteiger partial charge < -0.3 is 9.30 Å². The maximum absolute atomic E-state index is 12.6. The second kappa shape index (κ2) is 4.44. The molecule has 1 aliphatic heterocycles. The van der Waals surface area contributed by atoms with E-state index in [0.29, 0.717) is 12.1 Å². The highest BCUT2D eigenvalue weighted by atomic mass is 16.2. The van der Waals surface area contributed by atoms with Crippen LogP contribution in [0.4, 0.5) is 0 Å². The molecular formula is C15H15N5O. The van der Waals surface area contributed by atoms with Crippen molar-refractivity contribution in [2.75, 3.05) is 6.54 Å². The van der Waals surface area contributed by atoms with Crippen molar-refractivity contribution in [2.24, 2.45) is 0 Å². The van der Waals surface area contributed by atoms with Crippen molar-refractivity contribution in [3.05, 3.63) is 53.2 Å². The molecule has 0 saturated heterocycles. The number of nitrogens with zero attached hydrogens (tertiary/aromatic N) is 4. The Hall–Kier alpha value is -2.63. The van der Waals surface area contributed by atoms with E-state index >= 15 is 0 Å². The van der Waals surface area contributed by atoms with Gasteiger partial charge in [-0.2, -0.15) is 5.10 Å². The van der Waals surface area contributed by atoms with Crippen LogP contribution in [0.5, 0.6) is 0 Å². The van der Waals surface area contributed by atoms with E-state index in [2.05, 4.69) is 15.2 Å². The first kappa shape index (κ1) is 12.1. The third-order valence-electron chi connectivity index (χ3n) is 3.91. The minimum Gasteiger partial charge on any atom is -0.334 e. The Kier molecular flexibility index (Phi) is 2.57. The van der Waals surface area contributed by atoms with Gasteiger partial charge in [-0.25, -0.2) is 4.98 Å². The van der Waals surface area contributed by atoms with E-state index in [1.807, 2.05) is 40.8 Å². The average molecular weight is 281 g/mol. The predicted molar refractivity (Wildman–Crippen MR) is 77.0 cm³/mol. The molecule has 0 atom stereocenters. The number of hydrogen-bond acceptors (Lipinski definition) is 3. The van der Waals surface area contributed by atoms with Gasteiger partial charge in [0, 0.05) is 43.2 Å². The van der Waals surface area contributed by atoms with Crippen LogP contribution in [-0.2, 0) is 13.0 Å². The van der Waals surface area contributed by atoms with Crippen molar-refractivity contribution in [1.29, 1.82) is 0 Å². The molecule has 0 bridgehead atoms. The monoisotopic (exact) mass is 281 g/mol. The van der Waals surface area contributed by atoms with Crippen LogP contribution in [0.1, 0.15) is 27.3 Å². The van der Waals surface area contributed by atoms with Crippen LogP contribution in [0.25, 0.3) is 5.65 Å². The smallest absolute Gasteiger partial charge is 0.255 e. The number of fused-ring (bicyclic) bond motifs is 2. The molecule has 0 spiro atoms. The number of imidazole rings is 1. The second-order valence-electron chi connectivity index (χ2n) is 5.42. The molecule has 0 radical (unpaired) electrons. The first-order valence-corrected chi connectivity index (χ1v) is 6.96. The van der Waals surface area contributed by atoms with Gasteiger partial charge >= 0.3 is 0 Å². The third kappa shape index (κ3) is 1.99. The minimum absolute atomic E-state index is 0.0510. The van der Waals surface area contributed by atoms with Gasteiger partial charge in [0.15, 0.2) is 0 Å². The number of hydrogen-bond donors (Lipinski definition) is 1. The molecule has 0 saturated carbocycles. The molecule has 6 heteroatoms. The molecule has 0 fully saturated rings. The van der Waals surface area contributed by atoms with E-state index in [-0.39, 0.29) is 5.91 Å². The van der Waals surface area contributed by atoms with E-state index in [1.165, 1.54) is 0 Å². The van der Waals surface area contributed by atoms with Crippen molar-refractivity contribution >= 4 is 11.6 Å². The number of aromatic amines is 1. The summed E-state index contributed by atoms with van der Waals surface area (Å²) < 4.78 is 1.90. The lowest BCUT2D eigenvalue weighted by Gasteiger charge is -2.26. The van der Waals surface area contributed by atoms with Crippen molar-refractivity contribution in [3.63, 3.8) is 0 Å². The fourth-order valence-electron chi connectivity index (χ4n) is 2.82. The molecular weight excluding hydrogens is 266 g/mol. The van der Waals surface area contributed by atoms with Gasteiger partial charge in [-0.1, -0.05) is 0 Å². The van der Waals surface area contributed by atoms with Crippen molar-refractivity contribution < 1.29 is 4.79 Å². The average Bonchev–Trinajstić information content (AvgIpc) is 3.09. The van der Waals surface area contributed by atoms with Crippen molar-refractivity contribution in [2.45, 2.75) is 19.9 Å². The zero-order chi connectivity index (χ0) is 14.4. The summed E-state index contributed by atoms with van der Waals surface area (Å²) in [6.45, 7) is 3.28. The summed E-state index contributed by atoms with van der Waals surface area (Å²) in [5.41, 5.74) is 4.74. The predicted octanol–water partition coefficient (Wildman–Crippen LogP) is 1.56. The number of carbonyl (C=O) groups is 1. The van der Waals surface area contributed by atoms with Crippen molar-refractivity contribution in [1.82, 2.24) is 24.5 Å². The number of amides is 1. The molecule has 21 heavy (non-hydrogen) atoms. The molecule has 4 heterocycles. The summed E-state index contributed by atoms with van der Waals surface area (Å²) in [6, 6.07) is 3.72. The van der Waals surface area contributed by atoms with Crippen LogP contribution >= 0.6 is 0 Å². The van der Waals surface area contributed by atoms with E-state index < -0.39 is 0 Å². The van der Waals surface area contributed by atoms with Gasteiger partial charge in [0.05, 0.1) is 17.5 Å². The molecule has 0 unspecified atom stereocenters. The molecule has 1 amide bonds.